The Bertz CT molecular complexity index is 526. The smallest absolute Gasteiger partial charge is 0.347 e. The fourth-order valence-corrected chi connectivity index (χ4v) is 2.34. The standard InChI is InChI=1S/C22H36O8/c1-7-17(8-2)13-27-21(25)15(5)29-19(23)11-12-20(24)30-16(6)22(26)28-14-18(9-3)10-4/h11-12,15-18H,7-10,13-14H2,1-6H3/b12-11-. The van der Waals surface area contributed by atoms with E-state index in [1.807, 2.05) is 27.7 Å². The minimum atomic E-state index is -1.11. The number of carbonyl (C=O) groups is 4. The molecule has 0 aromatic rings. The van der Waals surface area contributed by atoms with Crippen LogP contribution < -0.4 is 0 Å². The summed E-state index contributed by atoms with van der Waals surface area (Å²) >= 11 is 0. The Kier molecular flexibility index (Phi) is 14.2. The molecule has 8 heteroatoms. The molecule has 2 unspecified atom stereocenters. The molecule has 0 amide bonds. The van der Waals surface area contributed by atoms with Crippen LogP contribution in [0, 0.1) is 11.8 Å². The largest absolute Gasteiger partial charge is 0.463 e. The lowest BCUT2D eigenvalue weighted by molar-refractivity contribution is -0.165. The highest BCUT2D eigenvalue weighted by molar-refractivity contribution is 5.93. The molecule has 0 saturated carbocycles. The summed E-state index contributed by atoms with van der Waals surface area (Å²) in [6.45, 7) is 11.3. The highest BCUT2D eigenvalue weighted by atomic mass is 16.6. The lowest BCUT2D eigenvalue weighted by Gasteiger charge is -2.16. The van der Waals surface area contributed by atoms with Crippen molar-refractivity contribution < 1.29 is 38.1 Å². The van der Waals surface area contributed by atoms with Gasteiger partial charge in [-0.1, -0.05) is 53.4 Å². The molecule has 0 heterocycles. The zero-order valence-corrected chi connectivity index (χ0v) is 19.0. The van der Waals surface area contributed by atoms with Crippen molar-refractivity contribution in [3.63, 3.8) is 0 Å². The third-order valence-corrected chi connectivity index (χ3v) is 4.84. The first-order valence-corrected chi connectivity index (χ1v) is 10.6. The highest BCUT2D eigenvalue weighted by Crippen LogP contribution is 2.10. The monoisotopic (exact) mass is 428 g/mol. The molecule has 2 atom stereocenters. The maximum absolute atomic E-state index is 11.9. The summed E-state index contributed by atoms with van der Waals surface area (Å²) in [4.78, 5) is 47.2. The van der Waals surface area contributed by atoms with Crippen LogP contribution in [-0.2, 0) is 38.1 Å². The van der Waals surface area contributed by atoms with E-state index < -0.39 is 36.1 Å². The molecular weight excluding hydrogens is 392 g/mol. The summed E-state index contributed by atoms with van der Waals surface area (Å²) < 4.78 is 20.1. The van der Waals surface area contributed by atoms with Gasteiger partial charge in [-0.15, -0.1) is 0 Å². The Balaban J connectivity index is 4.37. The first kappa shape index (κ1) is 27.6. The summed E-state index contributed by atoms with van der Waals surface area (Å²) in [6.07, 6.45) is 2.97. The number of ether oxygens (including phenoxy) is 4. The van der Waals surface area contributed by atoms with Crippen molar-refractivity contribution in [2.24, 2.45) is 11.8 Å². The first-order valence-electron chi connectivity index (χ1n) is 10.6. The van der Waals surface area contributed by atoms with E-state index in [2.05, 4.69) is 0 Å². The van der Waals surface area contributed by atoms with E-state index in [1.165, 1.54) is 13.8 Å². The summed E-state index contributed by atoms with van der Waals surface area (Å²) in [5.41, 5.74) is 0. The molecule has 0 fully saturated rings. The molecule has 0 bridgehead atoms. The van der Waals surface area contributed by atoms with Gasteiger partial charge in [-0.3, -0.25) is 0 Å². The predicted octanol–water partition coefficient (Wildman–Crippen LogP) is 3.36. The van der Waals surface area contributed by atoms with E-state index in [0.717, 1.165) is 37.8 Å². The number of esters is 4. The van der Waals surface area contributed by atoms with Crippen LogP contribution in [-0.4, -0.2) is 49.3 Å². The molecule has 30 heavy (non-hydrogen) atoms. The molecule has 0 rings (SSSR count). The maximum Gasteiger partial charge on any atom is 0.347 e. The van der Waals surface area contributed by atoms with Gasteiger partial charge in [0.1, 0.15) is 0 Å². The van der Waals surface area contributed by atoms with Crippen molar-refractivity contribution in [2.75, 3.05) is 13.2 Å². The average Bonchev–Trinajstić information content (AvgIpc) is 2.73. The minimum Gasteiger partial charge on any atom is -0.463 e. The molecule has 172 valence electrons. The Morgan fingerprint density at radius 1 is 0.633 bits per heavy atom. The number of carbonyl (C=O) groups excluding carboxylic acids is 4. The Labute approximate surface area is 179 Å². The normalized spacial score (nSPS) is 13.2. The van der Waals surface area contributed by atoms with Crippen LogP contribution in [0.5, 0.6) is 0 Å². The van der Waals surface area contributed by atoms with Crippen LogP contribution in [0.25, 0.3) is 0 Å². The molecule has 0 saturated heterocycles. The van der Waals surface area contributed by atoms with Crippen LogP contribution >= 0.6 is 0 Å². The van der Waals surface area contributed by atoms with Gasteiger partial charge in [0, 0.05) is 12.2 Å². The van der Waals surface area contributed by atoms with Gasteiger partial charge in [-0.05, 0) is 25.7 Å². The molecule has 0 radical (unpaired) electrons. The molecule has 0 aromatic carbocycles. The van der Waals surface area contributed by atoms with Crippen LogP contribution in [0.3, 0.4) is 0 Å². The summed E-state index contributed by atoms with van der Waals surface area (Å²) in [6, 6.07) is 0. The Morgan fingerprint density at radius 2 is 0.933 bits per heavy atom. The first-order chi connectivity index (χ1) is 14.2. The highest BCUT2D eigenvalue weighted by Gasteiger charge is 2.21. The van der Waals surface area contributed by atoms with Crippen LogP contribution in [0.1, 0.15) is 67.2 Å². The second kappa shape index (κ2) is 15.5. The zero-order chi connectivity index (χ0) is 23.1. The topological polar surface area (TPSA) is 105 Å². The summed E-state index contributed by atoms with van der Waals surface area (Å²) in [7, 11) is 0. The number of hydrogen-bond acceptors (Lipinski definition) is 8. The zero-order valence-electron chi connectivity index (χ0n) is 19.0. The van der Waals surface area contributed by atoms with Gasteiger partial charge in [0.05, 0.1) is 13.2 Å². The van der Waals surface area contributed by atoms with Crippen molar-refractivity contribution >= 4 is 23.9 Å². The van der Waals surface area contributed by atoms with Crippen molar-refractivity contribution in [1.82, 2.24) is 0 Å². The number of hydrogen-bond donors (Lipinski definition) is 0. The fourth-order valence-electron chi connectivity index (χ4n) is 2.34. The Hall–Kier alpha value is -2.38. The van der Waals surface area contributed by atoms with Crippen LogP contribution in [0.15, 0.2) is 12.2 Å². The molecule has 8 nitrogen and oxygen atoms in total. The lowest BCUT2D eigenvalue weighted by Crippen LogP contribution is -2.28. The van der Waals surface area contributed by atoms with Gasteiger partial charge in [-0.25, -0.2) is 19.2 Å². The van der Waals surface area contributed by atoms with Crippen LogP contribution in [0.4, 0.5) is 0 Å². The van der Waals surface area contributed by atoms with Gasteiger partial charge < -0.3 is 18.9 Å². The summed E-state index contributed by atoms with van der Waals surface area (Å²) in [5, 5.41) is 0. The van der Waals surface area contributed by atoms with E-state index in [4.69, 9.17) is 18.9 Å². The van der Waals surface area contributed by atoms with Crippen LogP contribution in [0.2, 0.25) is 0 Å². The minimum absolute atomic E-state index is 0.259. The third-order valence-electron chi connectivity index (χ3n) is 4.84. The fraction of sp³-hybridized carbons (Fsp3) is 0.727. The second-order valence-electron chi connectivity index (χ2n) is 7.12. The molecule has 0 aliphatic carbocycles. The third kappa shape index (κ3) is 11.6. The van der Waals surface area contributed by atoms with E-state index in [1.54, 1.807) is 0 Å². The second-order valence-corrected chi connectivity index (χ2v) is 7.12. The van der Waals surface area contributed by atoms with E-state index >= 15 is 0 Å². The number of rotatable bonds is 14. The van der Waals surface area contributed by atoms with Gasteiger partial charge in [-0.2, -0.15) is 0 Å². The van der Waals surface area contributed by atoms with Gasteiger partial charge >= 0.3 is 23.9 Å². The molecule has 0 spiro atoms. The lowest BCUT2D eigenvalue weighted by atomic mass is 10.1. The molecule has 0 aliphatic heterocycles. The maximum atomic E-state index is 11.9. The van der Waals surface area contributed by atoms with Crippen molar-refractivity contribution in [2.45, 2.75) is 79.4 Å². The van der Waals surface area contributed by atoms with E-state index in [9.17, 15) is 19.2 Å². The molecule has 0 N–H and O–H groups in total. The van der Waals surface area contributed by atoms with Gasteiger partial charge in [0.25, 0.3) is 0 Å². The van der Waals surface area contributed by atoms with E-state index in [-0.39, 0.29) is 25.0 Å². The summed E-state index contributed by atoms with van der Waals surface area (Å²) in [5.74, 6) is -2.59. The van der Waals surface area contributed by atoms with Crippen molar-refractivity contribution in [3.8, 4) is 0 Å². The Morgan fingerprint density at radius 3 is 1.20 bits per heavy atom. The molecule has 0 aromatic heterocycles. The molecule has 0 aliphatic rings. The van der Waals surface area contributed by atoms with Gasteiger partial charge in [0.15, 0.2) is 12.2 Å². The van der Waals surface area contributed by atoms with Crippen molar-refractivity contribution in [3.05, 3.63) is 12.2 Å². The average molecular weight is 429 g/mol. The molecular formula is C22H36O8. The SMILES string of the molecule is CCC(CC)COC(=O)C(C)OC(=O)/C=C\C(=O)OC(C)C(=O)OCC(CC)CC. The quantitative estimate of drug-likeness (QED) is 0.236. The van der Waals surface area contributed by atoms with Gasteiger partial charge in [0.2, 0.25) is 0 Å². The predicted molar refractivity (Wildman–Crippen MR) is 110 cm³/mol. The van der Waals surface area contributed by atoms with E-state index in [0.29, 0.717) is 0 Å². The van der Waals surface area contributed by atoms with Crippen molar-refractivity contribution in [1.29, 1.82) is 0 Å².